The molecule has 2 heterocycles. The van der Waals surface area contributed by atoms with Crippen molar-refractivity contribution < 1.29 is 9.21 Å². The van der Waals surface area contributed by atoms with E-state index in [1.807, 2.05) is 0 Å². The number of halogens is 1. The Morgan fingerprint density at radius 1 is 1.38 bits per heavy atom. The predicted molar refractivity (Wildman–Crippen MR) is 105 cm³/mol. The summed E-state index contributed by atoms with van der Waals surface area (Å²) in [5.41, 5.74) is 1.92. The van der Waals surface area contributed by atoms with Gasteiger partial charge in [0.1, 0.15) is 0 Å². The molecule has 0 N–H and O–H groups in total. The molecule has 0 saturated heterocycles. The maximum atomic E-state index is 12.3. The highest BCUT2D eigenvalue weighted by atomic mass is 35.5. The van der Waals surface area contributed by atoms with Crippen LogP contribution in [0.3, 0.4) is 0 Å². The van der Waals surface area contributed by atoms with Crippen molar-refractivity contribution in [3.8, 4) is 10.8 Å². The average Bonchev–Trinajstić information content (AvgIpc) is 3.26. The fourth-order valence-electron chi connectivity index (χ4n) is 3.07. The number of thioether (sulfide) groups is 1. The van der Waals surface area contributed by atoms with Gasteiger partial charge in [0.25, 0.3) is 11.1 Å². The fraction of sp³-hybridized carbons (Fsp3) is 0.316. The van der Waals surface area contributed by atoms with Crippen LogP contribution in [0.25, 0.3) is 10.8 Å². The highest BCUT2D eigenvalue weighted by Gasteiger charge is 2.21. The van der Waals surface area contributed by atoms with Crippen LogP contribution >= 0.6 is 34.7 Å². The van der Waals surface area contributed by atoms with E-state index in [-0.39, 0.29) is 11.5 Å². The van der Waals surface area contributed by atoms with Crippen LogP contribution in [0.1, 0.15) is 34.1 Å². The molecule has 0 amide bonds. The highest BCUT2D eigenvalue weighted by Crippen LogP contribution is 2.37. The van der Waals surface area contributed by atoms with E-state index in [0.29, 0.717) is 21.7 Å². The van der Waals surface area contributed by atoms with Crippen LogP contribution in [0, 0.1) is 5.92 Å². The summed E-state index contributed by atoms with van der Waals surface area (Å²) in [4.78, 5) is 14.7. The van der Waals surface area contributed by atoms with E-state index in [1.165, 1.54) is 28.6 Å². The Morgan fingerprint density at radius 2 is 2.23 bits per heavy atom. The second-order valence-corrected chi connectivity index (χ2v) is 8.94. The van der Waals surface area contributed by atoms with Gasteiger partial charge in [-0.25, -0.2) is 0 Å². The highest BCUT2D eigenvalue weighted by molar-refractivity contribution is 7.99. The molecular weight excluding hydrogens is 388 g/mol. The molecule has 3 aromatic rings. The van der Waals surface area contributed by atoms with Gasteiger partial charge in [-0.1, -0.05) is 42.4 Å². The minimum absolute atomic E-state index is 0.0547. The zero-order valence-corrected chi connectivity index (χ0v) is 16.6. The summed E-state index contributed by atoms with van der Waals surface area (Å²) in [6.07, 6.45) is 3.49. The molecule has 0 bridgehead atoms. The first-order valence-electron chi connectivity index (χ1n) is 8.46. The molecule has 2 aromatic heterocycles. The first-order valence-corrected chi connectivity index (χ1v) is 10.6. The number of carbonyl (C=O) groups excluding carboxylic acids is 1. The first kappa shape index (κ1) is 17.8. The van der Waals surface area contributed by atoms with Gasteiger partial charge in [0.15, 0.2) is 5.78 Å². The molecule has 1 aliphatic rings. The minimum atomic E-state index is -0.0547. The zero-order chi connectivity index (χ0) is 18.1. The predicted octanol–water partition coefficient (Wildman–Crippen LogP) is 5.55. The van der Waals surface area contributed by atoms with Crippen LogP contribution in [0.5, 0.6) is 0 Å². The number of aromatic nitrogens is 2. The second kappa shape index (κ2) is 7.55. The Kier molecular flexibility index (Phi) is 5.16. The number of fused-ring (bicyclic) bond motifs is 1. The number of ketones is 1. The Labute approximate surface area is 165 Å². The molecule has 0 fully saturated rings. The van der Waals surface area contributed by atoms with Gasteiger partial charge in [-0.3, -0.25) is 4.79 Å². The van der Waals surface area contributed by atoms with Crippen molar-refractivity contribution in [2.75, 3.05) is 5.75 Å². The third kappa shape index (κ3) is 3.72. The summed E-state index contributed by atoms with van der Waals surface area (Å²) in [5, 5.41) is 9.09. The molecule has 7 heteroatoms. The van der Waals surface area contributed by atoms with Crippen molar-refractivity contribution in [1.82, 2.24) is 10.2 Å². The smallest absolute Gasteiger partial charge is 0.277 e. The Balaban J connectivity index is 1.44. The molecule has 1 aromatic carbocycles. The van der Waals surface area contributed by atoms with E-state index in [1.54, 1.807) is 35.6 Å². The first-order chi connectivity index (χ1) is 12.6. The maximum Gasteiger partial charge on any atom is 0.277 e. The number of thiophene rings is 1. The number of nitrogens with zero attached hydrogens (tertiary/aromatic N) is 2. The quantitative estimate of drug-likeness (QED) is 0.412. The van der Waals surface area contributed by atoms with E-state index in [4.69, 9.17) is 16.0 Å². The molecular formula is C19H17ClN2O2S2. The number of Topliss-reactive ketones (excluding diaryl/α,β-unsaturated/α-hetero) is 1. The van der Waals surface area contributed by atoms with Crippen molar-refractivity contribution in [3.05, 3.63) is 51.4 Å². The van der Waals surface area contributed by atoms with Gasteiger partial charge < -0.3 is 4.42 Å². The van der Waals surface area contributed by atoms with Crippen LogP contribution in [-0.2, 0) is 12.8 Å². The number of hydrogen-bond acceptors (Lipinski definition) is 6. The summed E-state index contributed by atoms with van der Waals surface area (Å²) >= 11 is 9.04. The summed E-state index contributed by atoms with van der Waals surface area (Å²) in [5.74, 6) is 1.42. The van der Waals surface area contributed by atoms with Crippen LogP contribution in [0.4, 0.5) is 0 Å². The molecule has 1 aliphatic carbocycles. The third-order valence-corrected chi connectivity index (χ3v) is 6.82. The van der Waals surface area contributed by atoms with Crippen LogP contribution in [0.15, 0.2) is 40.0 Å². The Hall–Kier alpha value is -1.63. The SMILES string of the molecule is C[C@@H]1CCc2sc(-c3nnc(SCC(=O)c4ccccc4Cl)o3)cc2C1. The molecule has 0 saturated carbocycles. The topological polar surface area (TPSA) is 56.0 Å². The van der Waals surface area contributed by atoms with Gasteiger partial charge in [0, 0.05) is 10.4 Å². The van der Waals surface area contributed by atoms with Crippen molar-refractivity contribution in [3.63, 3.8) is 0 Å². The van der Waals surface area contributed by atoms with Crippen molar-refractivity contribution in [1.29, 1.82) is 0 Å². The standard InChI is InChI=1S/C19H17ClN2O2S2/c1-11-6-7-16-12(8-11)9-17(26-16)18-21-22-19(24-18)25-10-15(23)13-4-2-3-5-14(13)20/h2-5,9,11H,6-8,10H2,1H3/t11-/m1/s1. The molecule has 26 heavy (non-hydrogen) atoms. The third-order valence-electron chi connectivity index (χ3n) is 4.45. The average molecular weight is 405 g/mol. The van der Waals surface area contributed by atoms with Crippen LogP contribution in [0.2, 0.25) is 5.02 Å². The number of aryl methyl sites for hydroxylation is 1. The lowest BCUT2D eigenvalue weighted by Crippen LogP contribution is -2.07. The molecule has 0 spiro atoms. The molecule has 4 rings (SSSR count). The summed E-state index contributed by atoms with van der Waals surface area (Å²) in [6, 6.07) is 9.21. The monoisotopic (exact) mass is 404 g/mol. The van der Waals surface area contributed by atoms with E-state index in [2.05, 4.69) is 23.2 Å². The Bertz CT molecular complexity index is 951. The van der Waals surface area contributed by atoms with Gasteiger partial charge >= 0.3 is 0 Å². The van der Waals surface area contributed by atoms with Gasteiger partial charge in [-0.05, 0) is 48.9 Å². The molecule has 134 valence electrons. The molecule has 0 radical (unpaired) electrons. The van der Waals surface area contributed by atoms with Crippen LogP contribution in [-0.4, -0.2) is 21.7 Å². The van der Waals surface area contributed by atoms with Gasteiger partial charge in [0.2, 0.25) is 0 Å². The van der Waals surface area contributed by atoms with E-state index in [0.717, 1.165) is 23.6 Å². The number of rotatable bonds is 5. The summed E-state index contributed by atoms with van der Waals surface area (Å²) in [6.45, 7) is 2.29. The van der Waals surface area contributed by atoms with Gasteiger partial charge in [-0.15, -0.1) is 21.5 Å². The molecule has 0 aliphatic heterocycles. The van der Waals surface area contributed by atoms with Crippen molar-refractivity contribution >= 4 is 40.5 Å². The lowest BCUT2D eigenvalue weighted by molar-refractivity contribution is 0.102. The van der Waals surface area contributed by atoms with Crippen LogP contribution < -0.4 is 0 Å². The number of hydrogen-bond donors (Lipinski definition) is 0. The fourth-order valence-corrected chi connectivity index (χ4v) is 5.09. The van der Waals surface area contributed by atoms with E-state index >= 15 is 0 Å². The lowest BCUT2D eigenvalue weighted by atomic mass is 9.90. The van der Waals surface area contributed by atoms with E-state index < -0.39 is 0 Å². The zero-order valence-electron chi connectivity index (χ0n) is 14.2. The normalized spacial score (nSPS) is 16.5. The second-order valence-electron chi connectivity index (χ2n) is 6.47. The summed E-state index contributed by atoms with van der Waals surface area (Å²) < 4.78 is 5.76. The largest absolute Gasteiger partial charge is 0.410 e. The molecule has 0 unspecified atom stereocenters. The number of benzene rings is 1. The van der Waals surface area contributed by atoms with Crippen molar-refractivity contribution in [2.45, 2.75) is 31.4 Å². The maximum absolute atomic E-state index is 12.3. The summed E-state index contributed by atoms with van der Waals surface area (Å²) in [7, 11) is 0. The van der Waals surface area contributed by atoms with Gasteiger partial charge in [0.05, 0.1) is 15.7 Å². The lowest BCUT2D eigenvalue weighted by Gasteiger charge is -2.16. The van der Waals surface area contributed by atoms with Crippen molar-refractivity contribution in [2.24, 2.45) is 5.92 Å². The van der Waals surface area contributed by atoms with Gasteiger partial charge in [-0.2, -0.15) is 0 Å². The molecule has 4 nitrogen and oxygen atoms in total. The Morgan fingerprint density at radius 3 is 3.08 bits per heavy atom. The van der Waals surface area contributed by atoms with E-state index in [9.17, 15) is 4.79 Å². The number of carbonyl (C=O) groups is 1. The minimum Gasteiger partial charge on any atom is -0.410 e. The molecule has 1 atom stereocenters.